The molecule has 8 nitrogen and oxygen atoms in total. The monoisotopic (exact) mass is 554 g/mol. The molecule has 206 valence electrons. The zero-order valence-electron chi connectivity index (χ0n) is 24.0. The molecule has 40 heavy (non-hydrogen) atoms. The highest BCUT2D eigenvalue weighted by Crippen LogP contribution is 2.33. The first kappa shape index (κ1) is 27.3. The van der Waals surface area contributed by atoms with Crippen LogP contribution in [-0.4, -0.2) is 55.4 Å². The molecule has 3 aromatic heterocycles. The fraction of sp³-hybridized carbons (Fsp3) is 0.258. The Morgan fingerprint density at radius 3 is 2.27 bits per heavy atom. The van der Waals surface area contributed by atoms with Crippen molar-refractivity contribution in [1.29, 1.82) is 0 Å². The number of hydrogen-bond acceptors (Lipinski definition) is 7. The number of pyridine rings is 1. The lowest BCUT2D eigenvalue weighted by molar-refractivity contribution is 0.602. The van der Waals surface area contributed by atoms with Crippen molar-refractivity contribution in [3.05, 3.63) is 89.4 Å². The molecule has 0 radical (unpaired) electrons. The Morgan fingerprint density at radius 1 is 0.900 bits per heavy atom. The van der Waals surface area contributed by atoms with Crippen LogP contribution in [0.1, 0.15) is 22.5 Å². The Hall–Kier alpha value is -4.24. The van der Waals surface area contributed by atoms with Crippen molar-refractivity contribution in [2.45, 2.75) is 32.2 Å². The summed E-state index contributed by atoms with van der Waals surface area (Å²) in [5.74, 6) is 1.85. The Labute approximate surface area is 235 Å². The van der Waals surface area contributed by atoms with Crippen LogP contribution in [0.5, 0.6) is 0 Å². The fourth-order valence-corrected chi connectivity index (χ4v) is 5.59. The number of benzene rings is 2. The number of hydrogen-bond donors (Lipinski definition) is 0. The van der Waals surface area contributed by atoms with E-state index in [0.717, 1.165) is 62.1 Å². The first-order valence-corrected chi connectivity index (χ1v) is 14.9. The van der Waals surface area contributed by atoms with E-state index >= 15 is 0 Å². The molecule has 0 fully saturated rings. The van der Waals surface area contributed by atoms with Crippen LogP contribution in [0.25, 0.3) is 27.9 Å². The molecule has 5 aromatic rings. The number of rotatable bonds is 7. The second kappa shape index (κ2) is 10.4. The van der Waals surface area contributed by atoms with Gasteiger partial charge >= 0.3 is 0 Å². The summed E-state index contributed by atoms with van der Waals surface area (Å²) in [6.07, 6.45) is 3.14. The number of sulfone groups is 1. The van der Waals surface area contributed by atoms with Gasteiger partial charge < -0.3 is 9.80 Å². The van der Waals surface area contributed by atoms with Crippen LogP contribution in [0.3, 0.4) is 0 Å². The molecule has 3 heterocycles. The third-order valence-electron chi connectivity index (χ3n) is 7.06. The molecule has 0 aliphatic heterocycles. The minimum absolute atomic E-state index is 0.319. The summed E-state index contributed by atoms with van der Waals surface area (Å²) in [5.41, 5.74) is 8.72. The van der Waals surface area contributed by atoms with Gasteiger partial charge in [-0.25, -0.2) is 18.4 Å². The molecule has 0 atom stereocenters. The molecule has 0 saturated carbocycles. The van der Waals surface area contributed by atoms with Crippen LogP contribution in [0.2, 0.25) is 0 Å². The van der Waals surface area contributed by atoms with Crippen molar-refractivity contribution in [3.63, 3.8) is 0 Å². The van der Waals surface area contributed by atoms with Crippen molar-refractivity contribution in [3.8, 4) is 22.3 Å². The predicted octanol–water partition coefficient (Wildman–Crippen LogP) is 5.49. The van der Waals surface area contributed by atoms with Crippen LogP contribution in [0.4, 0.5) is 11.6 Å². The maximum atomic E-state index is 12.0. The van der Waals surface area contributed by atoms with Crippen molar-refractivity contribution in [1.82, 2.24) is 19.6 Å². The molecule has 0 bridgehead atoms. The summed E-state index contributed by atoms with van der Waals surface area (Å²) in [7, 11) is 2.76. The average Bonchev–Trinajstić information content (AvgIpc) is 3.23. The van der Waals surface area contributed by atoms with Gasteiger partial charge in [0.15, 0.2) is 15.5 Å². The van der Waals surface area contributed by atoms with Gasteiger partial charge in [0.2, 0.25) is 0 Å². The summed E-state index contributed by atoms with van der Waals surface area (Å²) >= 11 is 0. The van der Waals surface area contributed by atoms with Gasteiger partial charge in [0.1, 0.15) is 11.6 Å². The fourth-order valence-electron chi connectivity index (χ4n) is 4.92. The highest BCUT2D eigenvalue weighted by molar-refractivity contribution is 7.90. The molecule has 0 N–H and O–H groups in total. The van der Waals surface area contributed by atoms with E-state index in [4.69, 9.17) is 10.1 Å². The maximum Gasteiger partial charge on any atom is 0.175 e. The predicted molar refractivity (Wildman–Crippen MR) is 162 cm³/mol. The number of nitrogens with zero attached hydrogens (tertiary/aromatic N) is 6. The Balaban J connectivity index is 1.46. The number of aryl methyl sites for hydroxylation is 3. The van der Waals surface area contributed by atoms with Crippen LogP contribution >= 0.6 is 0 Å². The van der Waals surface area contributed by atoms with E-state index in [2.05, 4.69) is 41.1 Å². The zero-order valence-corrected chi connectivity index (χ0v) is 24.8. The quantitative estimate of drug-likeness (QED) is 0.263. The van der Waals surface area contributed by atoms with Crippen LogP contribution in [-0.2, 0) is 16.4 Å². The summed E-state index contributed by atoms with van der Waals surface area (Å²) in [6, 6.07) is 19.4. The lowest BCUT2D eigenvalue weighted by Crippen LogP contribution is -2.20. The molecule has 0 spiro atoms. The van der Waals surface area contributed by atoms with Gasteiger partial charge in [0.05, 0.1) is 16.2 Å². The highest BCUT2D eigenvalue weighted by atomic mass is 32.2. The van der Waals surface area contributed by atoms with Gasteiger partial charge in [0, 0.05) is 57.5 Å². The van der Waals surface area contributed by atoms with E-state index in [1.807, 2.05) is 68.8 Å². The number of anilines is 2. The average molecular weight is 555 g/mol. The Bertz CT molecular complexity index is 1830. The van der Waals surface area contributed by atoms with Gasteiger partial charge in [-0.2, -0.15) is 9.61 Å². The second-order valence-electron chi connectivity index (χ2n) is 10.6. The smallest absolute Gasteiger partial charge is 0.175 e. The third-order valence-corrected chi connectivity index (χ3v) is 8.17. The van der Waals surface area contributed by atoms with Gasteiger partial charge in [0.25, 0.3) is 0 Å². The second-order valence-corrected chi connectivity index (χ2v) is 12.6. The van der Waals surface area contributed by atoms with Crippen molar-refractivity contribution < 1.29 is 8.42 Å². The van der Waals surface area contributed by atoms with E-state index in [9.17, 15) is 8.42 Å². The molecule has 2 aromatic carbocycles. The summed E-state index contributed by atoms with van der Waals surface area (Å²) in [6.45, 7) is 6.77. The van der Waals surface area contributed by atoms with Crippen LogP contribution in [0.15, 0.2) is 71.8 Å². The lowest BCUT2D eigenvalue weighted by atomic mass is 10.0. The minimum atomic E-state index is -3.26. The summed E-state index contributed by atoms with van der Waals surface area (Å²) in [4.78, 5) is 14.0. The minimum Gasteiger partial charge on any atom is -0.363 e. The summed E-state index contributed by atoms with van der Waals surface area (Å²) < 4.78 is 25.9. The molecule has 5 rings (SSSR count). The van der Waals surface area contributed by atoms with E-state index in [0.29, 0.717) is 11.4 Å². The van der Waals surface area contributed by atoms with Crippen LogP contribution < -0.4 is 9.80 Å². The highest BCUT2D eigenvalue weighted by Gasteiger charge is 2.20. The molecule has 9 heteroatoms. The molecule has 0 saturated heterocycles. The van der Waals surface area contributed by atoms with Crippen molar-refractivity contribution in [2.24, 2.45) is 0 Å². The molecule has 0 aliphatic rings. The molecule has 0 unspecified atom stereocenters. The first-order chi connectivity index (χ1) is 18.9. The lowest BCUT2D eigenvalue weighted by Gasteiger charge is -2.21. The van der Waals surface area contributed by atoms with Crippen LogP contribution in [0, 0.1) is 20.8 Å². The van der Waals surface area contributed by atoms with E-state index in [-0.39, 0.29) is 0 Å². The number of aromatic nitrogens is 4. The van der Waals surface area contributed by atoms with E-state index in [1.165, 1.54) is 6.26 Å². The summed E-state index contributed by atoms with van der Waals surface area (Å²) in [5, 5.41) is 4.90. The molecule has 0 amide bonds. The first-order valence-electron chi connectivity index (χ1n) is 13.0. The standard InChI is InChI=1S/C31H34N6O2S/c1-20-15-28(35(4)5)32-18-27(20)30-22(3)34-37-29(16-21(2)33-31(30)37)36(6)19-23-11-13-24(14-12-23)25-9-8-10-26(17-25)40(7,38)39/h8-18H,19H2,1-7H3. The van der Waals surface area contributed by atoms with Crippen molar-refractivity contribution in [2.75, 3.05) is 37.2 Å². The van der Waals surface area contributed by atoms with Gasteiger partial charge in [-0.05, 0) is 61.2 Å². The number of fused-ring (bicyclic) bond motifs is 1. The Kier molecular flexibility index (Phi) is 7.10. The SMILES string of the molecule is Cc1cc(N(C)Cc2ccc(-c3cccc(S(C)(=O)=O)c3)cc2)n2nc(C)c(-c3cnc(N(C)C)cc3C)c2n1. The van der Waals surface area contributed by atoms with Gasteiger partial charge in [-0.15, -0.1) is 0 Å². The van der Waals surface area contributed by atoms with E-state index < -0.39 is 9.84 Å². The largest absolute Gasteiger partial charge is 0.363 e. The molecule has 0 aliphatic carbocycles. The van der Waals surface area contributed by atoms with Gasteiger partial charge in [-0.3, -0.25) is 0 Å². The topological polar surface area (TPSA) is 83.7 Å². The van der Waals surface area contributed by atoms with Gasteiger partial charge in [-0.1, -0.05) is 36.4 Å². The zero-order chi connectivity index (χ0) is 28.8. The maximum absolute atomic E-state index is 12.0. The molecular weight excluding hydrogens is 520 g/mol. The third kappa shape index (κ3) is 5.29. The van der Waals surface area contributed by atoms with E-state index in [1.54, 1.807) is 18.2 Å². The Morgan fingerprint density at radius 2 is 1.62 bits per heavy atom. The van der Waals surface area contributed by atoms with Crippen molar-refractivity contribution >= 4 is 27.1 Å². The molecular formula is C31H34N6O2S. The normalized spacial score (nSPS) is 11.7.